The standard InChI is InChI=1S/C13H16N2OS/c1-8-5-4-6-12(13(8)14)17-7-11-9(2)15-16-10(11)3/h4-6H,7,14H2,1-3H3. The predicted molar refractivity (Wildman–Crippen MR) is 71.1 cm³/mol. The molecule has 0 fully saturated rings. The summed E-state index contributed by atoms with van der Waals surface area (Å²) in [6.45, 7) is 5.93. The van der Waals surface area contributed by atoms with Crippen LogP contribution in [-0.4, -0.2) is 5.16 Å². The lowest BCUT2D eigenvalue weighted by Gasteiger charge is -2.07. The minimum atomic E-state index is 0.842. The smallest absolute Gasteiger partial charge is 0.137 e. The molecule has 0 amide bonds. The van der Waals surface area contributed by atoms with Gasteiger partial charge in [-0.2, -0.15) is 0 Å². The fourth-order valence-electron chi connectivity index (χ4n) is 1.64. The van der Waals surface area contributed by atoms with E-state index < -0.39 is 0 Å². The van der Waals surface area contributed by atoms with Crippen LogP contribution in [0.2, 0.25) is 0 Å². The van der Waals surface area contributed by atoms with Crippen molar-refractivity contribution in [3.8, 4) is 0 Å². The van der Waals surface area contributed by atoms with Crippen LogP contribution in [0.1, 0.15) is 22.6 Å². The van der Waals surface area contributed by atoms with E-state index in [1.165, 1.54) is 0 Å². The zero-order valence-electron chi connectivity index (χ0n) is 10.3. The molecule has 0 unspecified atom stereocenters. The third kappa shape index (κ3) is 2.47. The number of nitrogen functional groups attached to an aromatic ring is 1. The Morgan fingerprint density at radius 2 is 2.06 bits per heavy atom. The van der Waals surface area contributed by atoms with Crippen molar-refractivity contribution >= 4 is 17.4 Å². The highest BCUT2D eigenvalue weighted by molar-refractivity contribution is 7.98. The van der Waals surface area contributed by atoms with E-state index in [1.807, 2.05) is 39.0 Å². The van der Waals surface area contributed by atoms with Crippen LogP contribution < -0.4 is 5.73 Å². The number of anilines is 1. The highest BCUT2D eigenvalue weighted by atomic mass is 32.2. The fourth-order valence-corrected chi connectivity index (χ4v) is 2.84. The highest BCUT2D eigenvalue weighted by Crippen LogP contribution is 2.31. The first-order chi connectivity index (χ1) is 8.09. The van der Waals surface area contributed by atoms with Crippen molar-refractivity contribution < 1.29 is 4.52 Å². The summed E-state index contributed by atoms with van der Waals surface area (Å²) in [4.78, 5) is 1.12. The topological polar surface area (TPSA) is 52.0 Å². The van der Waals surface area contributed by atoms with Crippen molar-refractivity contribution in [2.45, 2.75) is 31.4 Å². The van der Waals surface area contributed by atoms with Crippen molar-refractivity contribution in [1.29, 1.82) is 0 Å². The number of aryl methyl sites for hydroxylation is 3. The Bertz CT molecular complexity index is 515. The number of hydrogen-bond acceptors (Lipinski definition) is 4. The summed E-state index contributed by atoms with van der Waals surface area (Å²) in [7, 11) is 0. The van der Waals surface area contributed by atoms with Crippen LogP contribution in [0, 0.1) is 20.8 Å². The first kappa shape index (κ1) is 12.0. The van der Waals surface area contributed by atoms with Gasteiger partial charge in [0.1, 0.15) is 5.76 Å². The number of hydrogen-bond donors (Lipinski definition) is 1. The fraction of sp³-hybridized carbons (Fsp3) is 0.308. The minimum Gasteiger partial charge on any atom is -0.398 e. The van der Waals surface area contributed by atoms with Crippen LogP contribution >= 0.6 is 11.8 Å². The molecule has 2 rings (SSSR count). The molecule has 0 atom stereocenters. The van der Waals surface area contributed by atoms with Gasteiger partial charge in [0.05, 0.1) is 5.69 Å². The monoisotopic (exact) mass is 248 g/mol. The van der Waals surface area contributed by atoms with Gasteiger partial charge in [0.15, 0.2) is 0 Å². The zero-order valence-corrected chi connectivity index (χ0v) is 11.1. The Kier molecular flexibility index (Phi) is 3.43. The lowest BCUT2D eigenvalue weighted by atomic mass is 10.2. The molecule has 0 spiro atoms. The lowest BCUT2D eigenvalue weighted by Crippen LogP contribution is -1.93. The normalized spacial score (nSPS) is 10.8. The van der Waals surface area contributed by atoms with E-state index in [1.54, 1.807) is 11.8 Å². The van der Waals surface area contributed by atoms with Gasteiger partial charge in [-0.3, -0.25) is 0 Å². The molecule has 0 saturated carbocycles. The minimum absolute atomic E-state index is 0.842. The van der Waals surface area contributed by atoms with E-state index in [4.69, 9.17) is 10.3 Å². The molecule has 0 aliphatic rings. The van der Waals surface area contributed by atoms with E-state index in [-0.39, 0.29) is 0 Å². The van der Waals surface area contributed by atoms with Gasteiger partial charge in [0.2, 0.25) is 0 Å². The summed E-state index contributed by atoms with van der Waals surface area (Å²) < 4.78 is 5.14. The summed E-state index contributed by atoms with van der Waals surface area (Å²) >= 11 is 1.72. The lowest BCUT2D eigenvalue weighted by molar-refractivity contribution is 0.392. The van der Waals surface area contributed by atoms with Gasteiger partial charge in [-0.1, -0.05) is 17.3 Å². The molecule has 17 heavy (non-hydrogen) atoms. The van der Waals surface area contributed by atoms with E-state index in [9.17, 15) is 0 Å². The molecule has 0 bridgehead atoms. The van der Waals surface area contributed by atoms with Crippen molar-refractivity contribution in [3.63, 3.8) is 0 Å². The molecule has 2 N–H and O–H groups in total. The van der Waals surface area contributed by atoms with Crippen LogP contribution in [0.5, 0.6) is 0 Å². The molecule has 1 aromatic heterocycles. The van der Waals surface area contributed by atoms with Crippen LogP contribution in [-0.2, 0) is 5.75 Å². The molecule has 2 aromatic rings. The van der Waals surface area contributed by atoms with Crippen molar-refractivity contribution in [2.24, 2.45) is 0 Å². The number of para-hydroxylation sites is 1. The first-order valence-corrected chi connectivity index (χ1v) is 6.47. The Balaban J connectivity index is 2.15. The molecule has 90 valence electrons. The predicted octanol–water partition coefficient (Wildman–Crippen LogP) is 3.47. The molecule has 1 aromatic carbocycles. The Morgan fingerprint density at radius 3 is 2.71 bits per heavy atom. The number of aromatic nitrogens is 1. The van der Waals surface area contributed by atoms with Crippen molar-refractivity contribution in [3.05, 3.63) is 40.8 Å². The largest absolute Gasteiger partial charge is 0.398 e. The third-order valence-electron chi connectivity index (χ3n) is 2.84. The van der Waals surface area contributed by atoms with E-state index >= 15 is 0 Å². The zero-order chi connectivity index (χ0) is 12.4. The Hall–Kier alpha value is -1.42. The van der Waals surface area contributed by atoms with Crippen LogP contribution in [0.25, 0.3) is 0 Å². The maximum Gasteiger partial charge on any atom is 0.137 e. The number of rotatable bonds is 3. The number of benzene rings is 1. The number of thioether (sulfide) groups is 1. The van der Waals surface area contributed by atoms with Gasteiger partial charge < -0.3 is 10.3 Å². The van der Waals surface area contributed by atoms with E-state index in [0.717, 1.165) is 38.9 Å². The maximum absolute atomic E-state index is 6.04. The van der Waals surface area contributed by atoms with E-state index in [0.29, 0.717) is 0 Å². The molecule has 0 radical (unpaired) electrons. The van der Waals surface area contributed by atoms with Gasteiger partial charge >= 0.3 is 0 Å². The molecule has 3 nitrogen and oxygen atoms in total. The second kappa shape index (κ2) is 4.84. The van der Waals surface area contributed by atoms with Crippen LogP contribution in [0.3, 0.4) is 0 Å². The van der Waals surface area contributed by atoms with Gasteiger partial charge in [0, 0.05) is 21.9 Å². The Morgan fingerprint density at radius 1 is 1.29 bits per heavy atom. The molecule has 0 saturated heterocycles. The molecule has 0 aliphatic carbocycles. The summed E-state index contributed by atoms with van der Waals surface area (Å²) in [6, 6.07) is 6.10. The molecule has 4 heteroatoms. The summed E-state index contributed by atoms with van der Waals surface area (Å²) in [6.07, 6.45) is 0. The summed E-state index contributed by atoms with van der Waals surface area (Å²) in [5, 5.41) is 3.95. The third-order valence-corrected chi connectivity index (χ3v) is 3.94. The van der Waals surface area contributed by atoms with Crippen molar-refractivity contribution in [2.75, 3.05) is 5.73 Å². The Labute approximate surface area is 105 Å². The molecular weight excluding hydrogens is 232 g/mol. The van der Waals surface area contributed by atoms with Gasteiger partial charge in [0.25, 0.3) is 0 Å². The average Bonchev–Trinajstić information content (AvgIpc) is 2.62. The van der Waals surface area contributed by atoms with E-state index in [2.05, 4.69) is 5.16 Å². The van der Waals surface area contributed by atoms with Crippen LogP contribution in [0.4, 0.5) is 5.69 Å². The first-order valence-electron chi connectivity index (χ1n) is 5.49. The van der Waals surface area contributed by atoms with Crippen molar-refractivity contribution in [1.82, 2.24) is 5.16 Å². The second-order valence-electron chi connectivity index (χ2n) is 4.08. The number of nitrogens with zero attached hydrogens (tertiary/aromatic N) is 1. The molecule has 0 aliphatic heterocycles. The van der Waals surface area contributed by atoms with Crippen LogP contribution in [0.15, 0.2) is 27.6 Å². The highest BCUT2D eigenvalue weighted by Gasteiger charge is 2.10. The second-order valence-corrected chi connectivity index (χ2v) is 5.10. The van der Waals surface area contributed by atoms with Gasteiger partial charge in [-0.05, 0) is 32.4 Å². The van der Waals surface area contributed by atoms with Gasteiger partial charge in [-0.15, -0.1) is 11.8 Å². The van der Waals surface area contributed by atoms with Gasteiger partial charge in [-0.25, -0.2) is 0 Å². The molecule has 1 heterocycles. The number of nitrogens with two attached hydrogens (primary N) is 1. The average molecular weight is 248 g/mol. The summed E-state index contributed by atoms with van der Waals surface area (Å²) in [5.41, 5.74) is 10.1. The SMILES string of the molecule is Cc1cccc(SCc2c(C)noc2C)c1N. The molecular formula is C13H16N2OS. The maximum atomic E-state index is 6.04. The quantitative estimate of drug-likeness (QED) is 0.667. The summed E-state index contributed by atoms with van der Waals surface area (Å²) in [5.74, 6) is 1.73.